The lowest BCUT2D eigenvalue weighted by molar-refractivity contribution is 0.0977. The summed E-state index contributed by atoms with van der Waals surface area (Å²) in [6.07, 6.45) is 1.66. The van der Waals surface area contributed by atoms with E-state index < -0.39 is 0 Å². The Balaban J connectivity index is 1.98. The van der Waals surface area contributed by atoms with Gasteiger partial charge in [0.05, 0.1) is 7.11 Å². The first-order valence-electron chi connectivity index (χ1n) is 6.28. The molecule has 0 unspecified atom stereocenters. The van der Waals surface area contributed by atoms with Gasteiger partial charge in [-0.25, -0.2) is 4.98 Å². The van der Waals surface area contributed by atoms with Crippen LogP contribution in [0.5, 0.6) is 5.75 Å². The number of amides is 1. The molecule has 6 heteroatoms. The summed E-state index contributed by atoms with van der Waals surface area (Å²) >= 11 is 5.11. The molecule has 0 bridgehead atoms. The van der Waals surface area contributed by atoms with E-state index in [1.165, 1.54) is 0 Å². The Bertz CT molecular complexity index is 656. The number of pyridine rings is 1. The van der Waals surface area contributed by atoms with Crippen molar-refractivity contribution in [3.8, 4) is 5.75 Å². The van der Waals surface area contributed by atoms with E-state index in [1.807, 2.05) is 19.1 Å². The van der Waals surface area contributed by atoms with Crippen LogP contribution in [0, 0.1) is 6.92 Å². The molecule has 0 aliphatic heterocycles. The lowest BCUT2D eigenvalue weighted by Crippen LogP contribution is -2.34. The van der Waals surface area contributed by atoms with Gasteiger partial charge in [0, 0.05) is 11.8 Å². The Kier molecular flexibility index (Phi) is 4.84. The molecule has 1 amide bonds. The van der Waals surface area contributed by atoms with Crippen molar-refractivity contribution in [2.75, 3.05) is 12.4 Å². The van der Waals surface area contributed by atoms with Crippen molar-refractivity contribution < 1.29 is 9.53 Å². The monoisotopic (exact) mass is 301 g/mol. The van der Waals surface area contributed by atoms with E-state index in [0.29, 0.717) is 17.1 Å². The van der Waals surface area contributed by atoms with Crippen molar-refractivity contribution in [3.05, 3.63) is 53.7 Å². The number of hydrogen-bond acceptors (Lipinski definition) is 4. The fraction of sp³-hybridized carbons (Fsp3) is 0.133. The molecule has 0 spiro atoms. The number of carbonyl (C=O) groups is 1. The molecule has 0 saturated heterocycles. The largest absolute Gasteiger partial charge is 0.497 e. The fourth-order valence-electron chi connectivity index (χ4n) is 1.67. The van der Waals surface area contributed by atoms with Gasteiger partial charge in [-0.05, 0) is 55.0 Å². The van der Waals surface area contributed by atoms with Crippen molar-refractivity contribution in [1.29, 1.82) is 0 Å². The van der Waals surface area contributed by atoms with Crippen LogP contribution in [0.15, 0.2) is 42.6 Å². The van der Waals surface area contributed by atoms with Gasteiger partial charge >= 0.3 is 0 Å². The van der Waals surface area contributed by atoms with Gasteiger partial charge in [-0.1, -0.05) is 6.07 Å². The highest BCUT2D eigenvalue weighted by Crippen LogP contribution is 2.12. The molecular formula is C15H15N3O2S. The molecule has 0 radical (unpaired) electrons. The zero-order valence-corrected chi connectivity index (χ0v) is 12.5. The average molecular weight is 301 g/mol. The molecule has 0 aliphatic carbocycles. The summed E-state index contributed by atoms with van der Waals surface area (Å²) in [7, 11) is 1.57. The number of ether oxygens (including phenoxy) is 1. The topological polar surface area (TPSA) is 63.2 Å². The van der Waals surface area contributed by atoms with Crippen LogP contribution in [0.25, 0.3) is 0 Å². The number of aryl methyl sites for hydroxylation is 1. The highest BCUT2D eigenvalue weighted by atomic mass is 32.1. The van der Waals surface area contributed by atoms with Gasteiger partial charge in [0.1, 0.15) is 11.6 Å². The molecule has 0 fully saturated rings. The lowest BCUT2D eigenvalue weighted by atomic mass is 10.2. The zero-order valence-electron chi connectivity index (χ0n) is 11.7. The average Bonchev–Trinajstić information content (AvgIpc) is 2.49. The number of benzene rings is 1. The summed E-state index contributed by atoms with van der Waals surface area (Å²) in [5.41, 5.74) is 1.44. The Morgan fingerprint density at radius 2 is 1.95 bits per heavy atom. The van der Waals surface area contributed by atoms with Gasteiger partial charge in [-0.15, -0.1) is 0 Å². The maximum absolute atomic E-state index is 12.0. The van der Waals surface area contributed by atoms with Crippen LogP contribution in [0.2, 0.25) is 0 Å². The van der Waals surface area contributed by atoms with Crippen LogP contribution in [0.4, 0.5) is 5.82 Å². The molecule has 2 rings (SSSR count). The number of carbonyl (C=O) groups excluding carboxylic acids is 1. The molecule has 0 saturated carbocycles. The second kappa shape index (κ2) is 6.81. The lowest BCUT2D eigenvalue weighted by Gasteiger charge is -2.10. The predicted octanol–water partition coefficient (Wildman–Crippen LogP) is 2.53. The first kappa shape index (κ1) is 14.9. The molecule has 5 nitrogen and oxygen atoms in total. The SMILES string of the molecule is COc1ccc(C(=O)NC(=S)Nc2ncccc2C)cc1. The number of rotatable bonds is 3. The summed E-state index contributed by atoms with van der Waals surface area (Å²) < 4.78 is 5.04. The smallest absolute Gasteiger partial charge is 0.257 e. The standard InChI is InChI=1S/C15H15N3O2S/c1-10-4-3-9-16-13(10)17-15(21)18-14(19)11-5-7-12(20-2)8-6-11/h3-9H,1-2H3,(H2,16,17,18,19,21). The Morgan fingerprint density at radius 1 is 1.24 bits per heavy atom. The van der Waals surface area contributed by atoms with E-state index in [9.17, 15) is 4.79 Å². The highest BCUT2D eigenvalue weighted by molar-refractivity contribution is 7.80. The normalized spacial score (nSPS) is 9.81. The number of hydrogen-bond donors (Lipinski definition) is 2. The number of nitrogens with one attached hydrogen (secondary N) is 2. The molecule has 2 aromatic rings. The minimum atomic E-state index is -0.288. The van der Waals surface area contributed by atoms with E-state index in [4.69, 9.17) is 17.0 Å². The summed E-state index contributed by atoms with van der Waals surface area (Å²) in [5.74, 6) is 1.03. The molecule has 1 aromatic carbocycles. The van der Waals surface area contributed by atoms with Crippen molar-refractivity contribution >= 4 is 29.1 Å². The van der Waals surface area contributed by atoms with E-state index in [0.717, 1.165) is 5.56 Å². The molecular weight excluding hydrogens is 286 g/mol. The highest BCUT2D eigenvalue weighted by Gasteiger charge is 2.09. The summed E-state index contributed by atoms with van der Waals surface area (Å²) in [4.78, 5) is 16.2. The Morgan fingerprint density at radius 3 is 2.57 bits per heavy atom. The molecule has 108 valence electrons. The first-order valence-corrected chi connectivity index (χ1v) is 6.69. The van der Waals surface area contributed by atoms with E-state index in [1.54, 1.807) is 37.6 Å². The first-order chi connectivity index (χ1) is 10.1. The number of nitrogens with zero attached hydrogens (tertiary/aromatic N) is 1. The second-order valence-electron chi connectivity index (χ2n) is 4.31. The van der Waals surface area contributed by atoms with Gasteiger partial charge in [0.15, 0.2) is 5.11 Å². The van der Waals surface area contributed by atoms with Crippen molar-refractivity contribution in [1.82, 2.24) is 10.3 Å². The maximum atomic E-state index is 12.0. The fourth-order valence-corrected chi connectivity index (χ4v) is 1.86. The van der Waals surface area contributed by atoms with Crippen LogP contribution in [-0.2, 0) is 0 Å². The summed E-state index contributed by atoms with van der Waals surface area (Å²) in [5, 5.41) is 5.71. The third kappa shape index (κ3) is 4.00. The predicted molar refractivity (Wildman–Crippen MR) is 85.7 cm³/mol. The number of methoxy groups -OCH3 is 1. The molecule has 0 atom stereocenters. The quantitative estimate of drug-likeness (QED) is 0.853. The second-order valence-corrected chi connectivity index (χ2v) is 4.71. The summed E-state index contributed by atoms with van der Waals surface area (Å²) in [6.45, 7) is 1.91. The maximum Gasteiger partial charge on any atom is 0.257 e. The zero-order chi connectivity index (χ0) is 15.2. The van der Waals surface area contributed by atoms with Gasteiger partial charge in [-0.3, -0.25) is 10.1 Å². The molecule has 1 heterocycles. The van der Waals surface area contributed by atoms with Crippen molar-refractivity contribution in [2.24, 2.45) is 0 Å². The minimum Gasteiger partial charge on any atom is -0.497 e. The van der Waals surface area contributed by atoms with Crippen LogP contribution < -0.4 is 15.4 Å². The molecule has 2 N–H and O–H groups in total. The number of aromatic nitrogens is 1. The number of anilines is 1. The third-order valence-electron chi connectivity index (χ3n) is 2.82. The van der Waals surface area contributed by atoms with Gasteiger partial charge in [0.2, 0.25) is 0 Å². The van der Waals surface area contributed by atoms with Gasteiger partial charge in [-0.2, -0.15) is 0 Å². The van der Waals surface area contributed by atoms with Crippen molar-refractivity contribution in [3.63, 3.8) is 0 Å². The van der Waals surface area contributed by atoms with E-state index in [2.05, 4.69) is 15.6 Å². The number of thiocarbonyl (C=S) groups is 1. The molecule has 0 aliphatic rings. The third-order valence-corrected chi connectivity index (χ3v) is 3.02. The summed E-state index contributed by atoms with van der Waals surface area (Å²) in [6, 6.07) is 10.5. The Labute approximate surface area is 128 Å². The van der Waals surface area contributed by atoms with E-state index >= 15 is 0 Å². The van der Waals surface area contributed by atoms with Gasteiger partial charge < -0.3 is 10.1 Å². The van der Waals surface area contributed by atoms with E-state index in [-0.39, 0.29) is 11.0 Å². The Hall–Kier alpha value is -2.47. The van der Waals surface area contributed by atoms with Crippen LogP contribution in [-0.4, -0.2) is 23.1 Å². The van der Waals surface area contributed by atoms with Crippen LogP contribution >= 0.6 is 12.2 Å². The van der Waals surface area contributed by atoms with Crippen LogP contribution in [0.1, 0.15) is 15.9 Å². The van der Waals surface area contributed by atoms with Crippen molar-refractivity contribution in [2.45, 2.75) is 6.92 Å². The van der Waals surface area contributed by atoms with Gasteiger partial charge in [0.25, 0.3) is 5.91 Å². The molecule has 1 aromatic heterocycles. The molecule has 21 heavy (non-hydrogen) atoms. The van der Waals surface area contributed by atoms with Crippen LogP contribution in [0.3, 0.4) is 0 Å². The minimum absolute atomic E-state index is 0.206.